The minimum Gasteiger partial charge on any atom is -0.303 e. The third kappa shape index (κ3) is 1.32. The molecule has 0 bridgehead atoms. The van der Waals surface area contributed by atoms with Gasteiger partial charge in [-0.2, -0.15) is 0 Å². The summed E-state index contributed by atoms with van der Waals surface area (Å²) < 4.78 is 0. The minimum atomic E-state index is 0.541. The van der Waals surface area contributed by atoms with E-state index in [1.807, 2.05) is 0 Å². The SMILES string of the molecule is CCCC1=NC=C1CC=O. The lowest BCUT2D eigenvalue weighted by molar-refractivity contribution is -0.107. The standard InChI is InChI=1S/C8H11NO/c1-2-3-8-7(4-5-10)6-9-8/h5-6H,2-4H2,1H3. The van der Waals surface area contributed by atoms with Gasteiger partial charge in [-0.3, -0.25) is 4.99 Å². The first-order valence-electron chi connectivity index (χ1n) is 3.58. The molecular weight excluding hydrogens is 126 g/mol. The summed E-state index contributed by atoms with van der Waals surface area (Å²) in [7, 11) is 0. The highest BCUT2D eigenvalue weighted by Crippen LogP contribution is 2.16. The third-order valence-corrected chi connectivity index (χ3v) is 1.54. The van der Waals surface area contributed by atoms with Crippen LogP contribution in [0.15, 0.2) is 16.8 Å². The number of allylic oxidation sites excluding steroid dienone is 1. The van der Waals surface area contributed by atoms with Gasteiger partial charge in [0.25, 0.3) is 0 Å². The Balaban J connectivity index is 2.31. The van der Waals surface area contributed by atoms with E-state index in [0.29, 0.717) is 6.42 Å². The molecule has 54 valence electrons. The van der Waals surface area contributed by atoms with E-state index in [1.54, 1.807) is 6.20 Å². The number of nitrogens with zero attached hydrogens (tertiary/aromatic N) is 1. The number of rotatable bonds is 4. The predicted octanol–water partition coefficient (Wildman–Crippen LogP) is 1.71. The summed E-state index contributed by atoms with van der Waals surface area (Å²) in [6, 6.07) is 0. The monoisotopic (exact) mass is 137 g/mol. The van der Waals surface area contributed by atoms with Crippen molar-refractivity contribution in [3.05, 3.63) is 11.8 Å². The average molecular weight is 137 g/mol. The van der Waals surface area contributed by atoms with Gasteiger partial charge in [-0.1, -0.05) is 13.3 Å². The van der Waals surface area contributed by atoms with Crippen molar-refractivity contribution in [2.75, 3.05) is 0 Å². The molecule has 0 spiro atoms. The van der Waals surface area contributed by atoms with E-state index < -0.39 is 0 Å². The zero-order valence-electron chi connectivity index (χ0n) is 6.13. The van der Waals surface area contributed by atoms with Gasteiger partial charge in [0.15, 0.2) is 0 Å². The number of aliphatic imine (C=N–C) groups is 1. The summed E-state index contributed by atoms with van der Waals surface area (Å²) in [4.78, 5) is 14.1. The van der Waals surface area contributed by atoms with Crippen LogP contribution in [-0.4, -0.2) is 12.0 Å². The molecule has 0 saturated heterocycles. The summed E-state index contributed by atoms with van der Waals surface area (Å²) in [5, 5.41) is 0. The Bertz CT molecular complexity index is 191. The van der Waals surface area contributed by atoms with E-state index in [1.165, 1.54) is 0 Å². The first-order valence-corrected chi connectivity index (χ1v) is 3.58. The normalized spacial score (nSPS) is 15.3. The maximum absolute atomic E-state index is 10.1. The zero-order chi connectivity index (χ0) is 7.40. The quantitative estimate of drug-likeness (QED) is 0.542. The molecule has 0 aromatic rings. The molecule has 0 saturated carbocycles. The van der Waals surface area contributed by atoms with Crippen molar-refractivity contribution in [3.63, 3.8) is 0 Å². The van der Waals surface area contributed by atoms with Gasteiger partial charge in [0.1, 0.15) is 6.29 Å². The minimum absolute atomic E-state index is 0.541. The molecule has 1 aliphatic rings. The average Bonchev–Trinajstić information content (AvgIpc) is 1.93. The van der Waals surface area contributed by atoms with Crippen LogP contribution in [0.1, 0.15) is 26.2 Å². The molecule has 0 amide bonds. The molecule has 2 heteroatoms. The maximum atomic E-state index is 10.1. The van der Waals surface area contributed by atoms with Gasteiger partial charge in [0.05, 0.1) is 0 Å². The summed E-state index contributed by atoms with van der Waals surface area (Å²) in [5.41, 5.74) is 2.24. The molecular formula is C8H11NO. The van der Waals surface area contributed by atoms with E-state index >= 15 is 0 Å². The molecule has 2 nitrogen and oxygen atoms in total. The summed E-state index contributed by atoms with van der Waals surface area (Å²) >= 11 is 0. The van der Waals surface area contributed by atoms with Gasteiger partial charge in [-0.05, 0) is 12.0 Å². The number of carbonyl (C=O) groups excluding carboxylic acids is 1. The van der Waals surface area contributed by atoms with Crippen LogP contribution in [0, 0.1) is 0 Å². The van der Waals surface area contributed by atoms with E-state index in [9.17, 15) is 4.79 Å². The van der Waals surface area contributed by atoms with Crippen molar-refractivity contribution in [2.45, 2.75) is 26.2 Å². The Labute approximate surface area is 60.7 Å². The van der Waals surface area contributed by atoms with Crippen molar-refractivity contribution in [1.29, 1.82) is 0 Å². The summed E-state index contributed by atoms with van der Waals surface area (Å²) in [6.07, 6.45) is 5.36. The predicted molar refractivity (Wildman–Crippen MR) is 41.1 cm³/mol. The van der Waals surface area contributed by atoms with Crippen LogP contribution in [0.2, 0.25) is 0 Å². The molecule has 0 radical (unpaired) electrons. The second kappa shape index (κ2) is 3.30. The Morgan fingerprint density at radius 1 is 1.70 bits per heavy atom. The van der Waals surface area contributed by atoms with Crippen LogP contribution in [0.5, 0.6) is 0 Å². The maximum Gasteiger partial charge on any atom is 0.124 e. The summed E-state index contributed by atoms with van der Waals surface area (Å²) in [6.45, 7) is 2.11. The van der Waals surface area contributed by atoms with E-state index in [4.69, 9.17) is 0 Å². The van der Waals surface area contributed by atoms with Gasteiger partial charge in [-0.15, -0.1) is 0 Å². The van der Waals surface area contributed by atoms with Crippen LogP contribution in [0.3, 0.4) is 0 Å². The van der Waals surface area contributed by atoms with Crippen molar-refractivity contribution in [1.82, 2.24) is 0 Å². The molecule has 0 N–H and O–H groups in total. The number of carbonyl (C=O) groups is 1. The van der Waals surface area contributed by atoms with Gasteiger partial charge in [0.2, 0.25) is 0 Å². The van der Waals surface area contributed by atoms with Crippen LogP contribution in [0.25, 0.3) is 0 Å². The highest BCUT2D eigenvalue weighted by Gasteiger charge is 2.10. The molecule has 0 fully saturated rings. The van der Waals surface area contributed by atoms with Crippen LogP contribution in [-0.2, 0) is 4.79 Å². The third-order valence-electron chi connectivity index (χ3n) is 1.54. The Kier molecular flexibility index (Phi) is 2.37. The van der Waals surface area contributed by atoms with E-state index in [-0.39, 0.29) is 0 Å². The summed E-state index contributed by atoms with van der Waals surface area (Å²) in [5.74, 6) is 0. The van der Waals surface area contributed by atoms with E-state index in [0.717, 1.165) is 30.4 Å². The van der Waals surface area contributed by atoms with E-state index in [2.05, 4.69) is 11.9 Å². The number of hydrogen-bond acceptors (Lipinski definition) is 2. The fourth-order valence-corrected chi connectivity index (χ4v) is 0.969. The molecule has 10 heavy (non-hydrogen) atoms. The van der Waals surface area contributed by atoms with Crippen molar-refractivity contribution < 1.29 is 4.79 Å². The van der Waals surface area contributed by atoms with Crippen molar-refractivity contribution in [2.24, 2.45) is 4.99 Å². The van der Waals surface area contributed by atoms with Crippen LogP contribution < -0.4 is 0 Å². The van der Waals surface area contributed by atoms with Gasteiger partial charge >= 0.3 is 0 Å². The molecule has 0 aromatic carbocycles. The largest absolute Gasteiger partial charge is 0.303 e. The molecule has 1 rings (SSSR count). The lowest BCUT2D eigenvalue weighted by Gasteiger charge is -2.12. The Hall–Kier alpha value is -0.920. The first kappa shape index (κ1) is 7.19. The Morgan fingerprint density at radius 2 is 2.50 bits per heavy atom. The molecule has 0 aliphatic carbocycles. The van der Waals surface area contributed by atoms with Crippen molar-refractivity contribution >= 4 is 12.0 Å². The molecule has 1 heterocycles. The van der Waals surface area contributed by atoms with Gasteiger partial charge in [-0.25, -0.2) is 0 Å². The second-order valence-corrected chi connectivity index (χ2v) is 2.35. The number of aldehydes is 1. The lowest BCUT2D eigenvalue weighted by Crippen LogP contribution is -2.09. The highest BCUT2D eigenvalue weighted by molar-refractivity contribution is 6.06. The van der Waals surface area contributed by atoms with Gasteiger partial charge < -0.3 is 4.79 Å². The molecule has 1 aliphatic heterocycles. The van der Waals surface area contributed by atoms with Crippen LogP contribution >= 0.6 is 0 Å². The van der Waals surface area contributed by atoms with Gasteiger partial charge in [0, 0.05) is 18.3 Å². The Morgan fingerprint density at radius 3 is 2.90 bits per heavy atom. The molecule has 0 unspecified atom stereocenters. The molecule has 0 atom stereocenters. The fourth-order valence-electron chi connectivity index (χ4n) is 0.969. The van der Waals surface area contributed by atoms with Crippen molar-refractivity contribution in [3.8, 4) is 0 Å². The lowest BCUT2D eigenvalue weighted by atomic mass is 10.0. The fraction of sp³-hybridized carbons (Fsp3) is 0.500. The zero-order valence-corrected chi connectivity index (χ0v) is 6.13. The smallest absolute Gasteiger partial charge is 0.124 e. The first-order chi connectivity index (χ1) is 4.88. The number of hydrogen-bond donors (Lipinski definition) is 0. The highest BCUT2D eigenvalue weighted by atomic mass is 16.1. The second-order valence-electron chi connectivity index (χ2n) is 2.35. The van der Waals surface area contributed by atoms with Crippen LogP contribution in [0.4, 0.5) is 0 Å². The topological polar surface area (TPSA) is 29.4 Å². The molecule has 0 aromatic heterocycles.